The fraction of sp³-hybridized carbons (Fsp3) is 0.417. The Morgan fingerprint density at radius 2 is 1.83 bits per heavy atom. The van der Waals surface area contributed by atoms with E-state index in [1.165, 1.54) is 5.56 Å². The summed E-state index contributed by atoms with van der Waals surface area (Å²) < 4.78 is 0. The van der Waals surface area contributed by atoms with Gasteiger partial charge in [0.2, 0.25) is 0 Å². The highest BCUT2D eigenvalue weighted by molar-refractivity contribution is 5.80. The fourth-order valence-corrected chi connectivity index (χ4v) is 4.09. The number of piperidine rings is 1. The number of hydrogen-bond acceptors (Lipinski definition) is 3. The van der Waals surface area contributed by atoms with E-state index in [1.54, 1.807) is 13.8 Å². The fourth-order valence-electron chi connectivity index (χ4n) is 4.09. The molecule has 0 saturated carbocycles. The topological polar surface area (TPSA) is 69.2 Å². The average molecular weight is 392 g/mol. The summed E-state index contributed by atoms with van der Waals surface area (Å²) >= 11 is 0. The maximum Gasteiger partial charge on any atom is 0.313 e. The lowest BCUT2D eigenvalue weighted by atomic mass is 9.84. The van der Waals surface area contributed by atoms with Crippen molar-refractivity contribution in [2.75, 3.05) is 19.6 Å². The van der Waals surface area contributed by atoms with Crippen LogP contribution in [0.1, 0.15) is 49.6 Å². The van der Waals surface area contributed by atoms with Crippen molar-refractivity contribution in [1.29, 1.82) is 0 Å². The zero-order valence-electron chi connectivity index (χ0n) is 17.2. The first-order valence-corrected chi connectivity index (χ1v) is 10.4. The van der Waals surface area contributed by atoms with Crippen LogP contribution in [0.4, 0.5) is 0 Å². The first kappa shape index (κ1) is 19.6. The van der Waals surface area contributed by atoms with E-state index in [9.17, 15) is 9.90 Å². The van der Waals surface area contributed by atoms with Crippen LogP contribution in [-0.2, 0) is 16.6 Å². The van der Waals surface area contributed by atoms with Crippen LogP contribution < -0.4 is 0 Å². The Morgan fingerprint density at radius 3 is 2.48 bits per heavy atom. The normalized spacial score (nSPS) is 16.3. The van der Waals surface area contributed by atoms with E-state index in [2.05, 4.69) is 34.1 Å². The first-order chi connectivity index (χ1) is 13.9. The van der Waals surface area contributed by atoms with Crippen LogP contribution in [0.15, 0.2) is 48.5 Å². The van der Waals surface area contributed by atoms with Gasteiger partial charge in [0.15, 0.2) is 0 Å². The van der Waals surface area contributed by atoms with Gasteiger partial charge >= 0.3 is 5.97 Å². The van der Waals surface area contributed by atoms with Crippen molar-refractivity contribution in [3.8, 4) is 0 Å². The first-order valence-electron chi connectivity index (χ1n) is 10.4. The molecule has 1 aliphatic heterocycles. The molecule has 5 heteroatoms. The molecule has 5 nitrogen and oxygen atoms in total. The summed E-state index contributed by atoms with van der Waals surface area (Å²) in [7, 11) is 0. The number of para-hydroxylation sites is 2. The third kappa shape index (κ3) is 4.20. The van der Waals surface area contributed by atoms with Gasteiger partial charge in [0.25, 0.3) is 0 Å². The number of aromatic amines is 1. The Balaban J connectivity index is 1.29. The second kappa shape index (κ2) is 7.99. The van der Waals surface area contributed by atoms with E-state index < -0.39 is 11.4 Å². The largest absolute Gasteiger partial charge is 0.481 e. The number of imidazole rings is 1. The Morgan fingerprint density at radius 1 is 1.14 bits per heavy atom. The van der Waals surface area contributed by atoms with E-state index in [0.29, 0.717) is 5.92 Å². The van der Waals surface area contributed by atoms with Gasteiger partial charge in [0, 0.05) is 12.5 Å². The number of H-pyrrole nitrogens is 1. The molecule has 2 heterocycles. The highest BCUT2D eigenvalue weighted by Gasteiger charge is 2.29. The summed E-state index contributed by atoms with van der Waals surface area (Å²) in [4.78, 5) is 22.2. The van der Waals surface area contributed by atoms with Crippen LogP contribution in [0.2, 0.25) is 0 Å². The third-order valence-corrected chi connectivity index (χ3v) is 6.31. The van der Waals surface area contributed by atoms with Crippen molar-refractivity contribution < 1.29 is 9.90 Å². The number of nitrogens with one attached hydrogen (secondary N) is 1. The Kier molecular flexibility index (Phi) is 5.41. The zero-order valence-corrected chi connectivity index (χ0v) is 17.2. The van der Waals surface area contributed by atoms with Crippen LogP contribution in [0.3, 0.4) is 0 Å². The predicted molar refractivity (Wildman–Crippen MR) is 115 cm³/mol. The summed E-state index contributed by atoms with van der Waals surface area (Å²) in [5.41, 5.74) is 3.44. The van der Waals surface area contributed by atoms with Crippen LogP contribution in [0, 0.1) is 0 Å². The maximum atomic E-state index is 11.4. The predicted octanol–water partition coefficient (Wildman–Crippen LogP) is 4.35. The molecule has 1 aromatic heterocycles. The Labute approximate surface area is 171 Å². The van der Waals surface area contributed by atoms with Crippen LogP contribution in [-0.4, -0.2) is 45.6 Å². The van der Waals surface area contributed by atoms with Gasteiger partial charge < -0.3 is 15.0 Å². The molecule has 29 heavy (non-hydrogen) atoms. The number of fused-ring (bicyclic) bond motifs is 1. The van der Waals surface area contributed by atoms with Gasteiger partial charge in [-0.1, -0.05) is 36.4 Å². The molecular formula is C24H29N3O2. The van der Waals surface area contributed by atoms with E-state index in [4.69, 9.17) is 4.98 Å². The number of hydrogen-bond donors (Lipinski definition) is 2. The van der Waals surface area contributed by atoms with E-state index >= 15 is 0 Å². The average Bonchev–Trinajstić information content (AvgIpc) is 3.17. The molecule has 0 atom stereocenters. The molecular weight excluding hydrogens is 362 g/mol. The number of aromatic nitrogens is 2. The minimum atomic E-state index is -0.850. The van der Waals surface area contributed by atoms with Gasteiger partial charge in [0.05, 0.1) is 16.4 Å². The van der Waals surface area contributed by atoms with Crippen molar-refractivity contribution in [1.82, 2.24) is 14.9 Å². The zero-order chi connectivity index (χ0) is 20.4. The van der Waals surface area contributed by atoms with E-state index in [1.807, 2.05) is 24.3 Å². The van der Waals surface area contributed by atoms with E-state index in [0.717, 1.165) is 61.3 Å². The van der Waals surface area contributed by atoms with Crippen molar-refractivity contribution in [2.45, 2.75) is 44.4 Å². The maximum absolute atomic E-state index is 11.4. The smallest absolute Gasteiger partial charge is 0.313 e. The van der Waals surface area contributed by atoms with Crippen molar-refractivity contribution >= 4 is 17.0 Å². The summed E-state index contributed by atoms with van der Waals surface area (Å²) in [5, 5.41) is 9.37. The van der Waals surface area contributed by atoms with Crippen LogP contribution >= 0.6 is 0 Å². The lowest BCUT2D eigenvalue weighted by molar-refractivity contribution is -0.142. The molecule has 1 fully saturated rings. The molecule has 0 spiro atoms. The lowest BCUT2D eigenvalue weighted by Crippen LogP contribution is -2.34. The summed E-state index contributed by atoms with van der Waals surface area (Å²) in [6.07, 6.45) is 3.25. The molecule has 0 radical (unpaired) electrons. The number of carboxylic acid groups (broad SMARTS) is 1. The molecule has 3 aromatic rings. The summed E-state index contributed by atoms with van der Waals surface area (Å²) in [5.74, 6) is 0.844. The number of carboxylic acids is 1. The molecule has 0 unspecified atom stereocenters. The molecule has 0 amide bonds. The number of rotatable bonds is 6. The minimum absolute atomic E-state index is 0.510. The van der Waals surface area contributed by atoms with Crippen molar-refractivity contribution in [2.24, 2.45) is 0 Å². The number of likely N-dealkylation sites (tertiary alicyclic amines) is 1. The SMILES string of the molecule is CC(C)(C(=O)O)c1ccc(CCN2CCC(c3nc4ccccc4[nH]3)CC2)cc1. The minimum Gasteiger partial charge on any atom is -0.481 e. The number of carbonyl (C=O) groups is 1. The van der Waals surface area contributed by atoms with Crippen molar-refractivity contribution in [3.05, 3.63) is 65.5 Å². The standard InChI is InChI=1S/C24H29N3O2/c1-24(2,23(28)29)19-9-7-17(8-10-19)11-14-27-15-12-18(13-16-27)22-25-20-5-3-4-6-21(20)26-22/h3-10,18H,11-16H2,1-2H3,(H,25,26)(H,28,29). The second-order valence-electron chi connectivity index (χ2n) is 8.63. The third-order valence-electron chi connectivity index (χ3n) is 6.31. The van der Waals surface area contributed by atoms with Gasteiger partial charge in [-0.2, -0.15) is 0 Å². The molecule has 2 N–H and O–H groups in total. The highest BCUT2D eigenvalue weighted by atomic mass is 16.4. The number of aliphatic carboxylic acids is 1. The molecule has 4 rings (SSSR count). The monoisotopic (exact) mass is 391 g/mol. The summed E-state index contributed by atoms with van der Waals surface area (Å²) in [6.45, 7) is 6.71. The van der Waals surface area contributed by atoms with E-state index in [-0.39, 0.29) is 0 Å². The van der Waals surface area contributed by atoms with Crippen molar-refractivity contribution in [3.63, 3.8) is 0 Å². The van der Waals surface area contributed by atoms with Crippen LogP contribution in [0.25, 0.3) is 11.0 Å². The molecule has 2 aromatic carbocycles. The van der Waals surface area contributed by atoms with Gasteiger partial charge in [-0.05, 0) is 69.5 Å². The molecule has 0 aliphatic carbocycles. The highest BCUT2D eigenvalue weighted by Crippen LogP contribution is 2.28. The van der Waals surface area contributed by atoms with Gasteiger partial charge in [-0.3, -0.25) is 4.79 Å². The summed E-state index contributed by atoms with van der Waals surface area (Å²) in [6, 6.07) is 16.3. The Bertz CT molecular complexity index is 950. The molecule has 0 bridgehead atoms. The second-order valence-corrected chi connectivity index (χ2v) is 8.63. The molecule has 152 valence electrons. The molecule has 1 aliphatic rings. The lowest BCUT2D eigenvalue weighted by Gasteiger charge is -2.31. The van der Waals surface area contributed by atoms with Crippen LogP contribution in [0.5, 0.6) is 0 Å². The number of nitrogens with zero attached hydrogens (tertiary/aromatic N) is 2. The quantitative estimate of drug-likeness (QED) is 0.656. The Hall–Kier alpha value is -2.66. The molecule has 1 saturated heterocycles. The number of benzene rings is 2. The van der Waals surface area contributed by atoms with Gasteiger partial charge in [-0.25, -0.2) is 4.98 Å². The van der Waals surface area contributed by atoms with Gasteiger partial charge in [0.1, 0.15) is 5.82 Å². The van der Waals surface area contributed by atoms with Gasteiger partial charge in [-0.15, -0.1) is 0 Å².